The monoisotopic (exact) mass is 274 g/mol. The second-order valence-electron chi connectivity index (χ2n) is 3.21. The molecule has 78 valence electrons. The van der Waals surface area contributed by atoms with Gasteiger partial charge in [-0.05, 0) is 34.1 Å². The molecule has 0 aliphatic rings. The van der Waals surface area contributed by atoms with E-state index in [1.54, 1.807) is 30.6 Å². The molecular weight excluding hydrogens is 268 g/mol. The second-order valence-corrected chi connectivity index (χ2v) is 4.06. The molecule has 16 heavy (non-hydrogen) atoms. The standard InChI is InChI=1S/C12H7BrN2O/c13-11-5-8(6-14)4-10(12(11)16)9-2-1-3-15-7-9/h1-5,7,16H. The Balaban J connectivity index is 2.66. The Kier molecular flexibility index (Phi) is 2.88. The summed E-state index contributed by atoms with van der Waals surface area (Å²) >= 11 is 3.21. The first-order chi connectivity index (χ1) is 7.72. The summed E-state index contributed by atoms with van der Waals surface area (Å²) < 4.78 is 0.505. The van der Waals surface area contributed by atoms with E-state index in [1.807, 2.05) is 12.1 Å². The van der Waals surface area contributed by atoms with Crippen LogP contribution < -0.4 is 0 Å². The van der Waals surface area contributed by atoms with E-state index in [1.165, 1.54) is 0 Å². The number of pyridine rings is 1. The van der Waals surface area contributed by atoms with Gasteiger partial charge in [-0.15, -0.1) is 0 Å². The van der Waals surface area contributed by atoms with E-state index in [-0.39, 0.29) is 5.75 Å². The number of hydrogen-bond acceptors (Lipinski definition) is 3. The van der Waals surface area contributed by atoms with Gasteiger partial charge in [-0.1, -0.05) is 6.07 Å². The lowest BCUT2D eigenvalue weighted by Crippen LogP contribution is -1.84. The van der Waals surface area contributed by atoms with Crippen molar-refractivity contribution >= 4 is 15.9 Å². The van der Waals surface area contributed by atoms with E-state index in [4.69, 9.17) is 5.26 Å². The van der Waals surface area contributed by atoms with Crippen molar-refractivity contribution in [3.8, 4) is 22.9 Å². The van der Waals surface area contributed by atoms with Crippen LogP contribution in [0.1, 0.15) is 5.56 Å². The number of aromatic nitrogens is 1. The molecule has 0 saturated carbocycles. The fraction of sp³-hybridized carbons (Fsp3) is 0. The summed E-state index contributed by atoms with van der Waals surface area (Å²) in [5.41, 5.74) is 1.86. The lowest BCUT2D eigenvalue weighted by atomic mass is 10.0. The third kappa shape index (κ3) is 1.90. The number of phenols is 1. The van der Waals surface area contributed by atoms with Gasteiger partial charge >= 0.3 is 0 Å². The maximum atomic E-state index is 9.89. The van der Waals surface area contributed by atoms with Gasteiger partial charge in [-0.3, -0.25) is 4.98 Å². The number of hydrogen-bond donors (Lipinski definition) is 1. The van der Waals surface area contributed by atoms with Crippen LogP contribution >= 0.6 is 15.9 Å². The fourth-order valence-electron chi connectivity index (χ4n) is 1.41. The highest BCUT2D eigenvalue weighted by Gasteiger charge is 2.09. The fourth-order valence-corrected chi connectivity index (χ4v) is 1.87. The maximum Gasteiger partial charge on any atom is 0.137 e. The van der Waals surface area contributed by atoms with Crippen LogP contribution in [-0.4, -0.2) is 10.1 Å². The highest BCUT2D eigenvalue weighted by atomic mass is 79.9. The molecule has 0 aliphatic carbocycles. The lowest BCUT2D eigenvalue weighted by Gasteiger charge is -2.06. The zero-order valence-corrected chi connectivity index (χ0v) is 9.77. The Morgan fingerprint density at radius 2 is 2.19 bits per heavy atom. The molecule has 0 bridgehead atoms. The first-order valence-electron chi connectivity index (χ1n) is 4.55. The average molecular weight is 275 g/mol. The van der Waals surface area contributed by atoms with Crippen molar-refractivity contribution < 1.29 is 5.11 Å². The van der Waals surface area contributed by atoms with Gasteiger partial charge < -0.3 is 5.11 Å². The number of aromatic hydroxyl groups is 1. The number of phenolic OH excluding ortho intramolecular Hbond substituents is 1. The molecule has 0 saturated heterocycles. The van der Waals surface area contributed by atoms with Crippen molar-refractivity contribution in [1.29, 1.82) is 5.26 Å². The van der Waals surface area contributed by atoms with Crippen LogP contribution in [0.2, 0.25) is 0 Å². The van der Waals surface area contributed by atoms with Crippen LogP contribution in [0.25, 0.3) is 11.1 Å². The van der Waals surface area contributed by atoms with Gasteiger partial charge in [0.05, 0.1) is 16.1 Å². The summed E-state index contributed by atoms with van der Waals surface area (Å²) in [7, 11) is 0. The highest BCUT2D eigenvalue weighted by molar-refractivity contribution is 9.10. The molecule has 0 atom stereocenters. The third-order valence-corrected chi connectivity index (χ3v) is 2.77. The number of benzene rings is 1. The molecule has 3 nitrogen and oxygen atoms in total. The molecule has 1 aromatic carbocycles. The second kappa shape index (κ2) is 4.33. The average Bonchev–Trinajstić information content (AvgIpc) is 2.33. The van der Waals surface area contributed by atoms with Crippen LogP contribution in [0.3, 0.4) is 0 Å². The molecule has 4 heteroatoms. The van der Waals surface area contributed by atoms with Gasteiger partial charge in [0.1, 0.15) is 5.75 Å². The van der Waals surface area contributed by atoms with Crippen LogP contribution in [0.4, 0.5) is 0 Å². The summed E-state index contributed by atoms with van der Waals surface area (Å²) in [6.45, 7) is 0. The van der Waals surface area contributed by atoms with Gasteiger partial charge in [0.15, 0.2) is 0 Å². The molecule has 1 heterocycles. The predicted molar refractivity (Wildman–Crippen MR) is 63.8 cm³/mol. The Morgan fingerprint density at radius 1 is 1.38 bits per heavy atom. The predicted octanol–water partition coefficient (Wildman–Crippen LogP) is 3.09. The van der Waals surface area contributed by atoms with E-state index in [0.29, 0.717) is 15.6 Å². The number of nitrogens with zero attached hydrogens (tertiary/aromatic N) is 2. The van der Waals surface area contributed by atoms with E-state index in [9.17, 15) is 5.11 Å². The molecule has 0 unspecified atom stereocenters. The molecule has 1 aromatic heterocycles. The van der Waals surface area contributed by atoms with Crippen molar-refractivity contribution in [2.45, 2.75) is 0 Å². The number of rotatable bonds is 1. The lowest BCUT2D eigenvalue weighted by molar-refractivity contribution is 0.474. The topological polar surface area (TPSA) is 56.9 Å². The summed E-state index contributed by atoms with van der Waals surface area (Å²) in [4.78, 5) is 3.98. The van der Waals surface area contributed by atoms with Crippen molar-refractivity contribution in [2.24, 2.45) is 0 Å². The third-order valence-electron chi connectivity index (χ3n) is 2.17. The van der Waals surface area contributed by atoms with Gasteiger partial charge in [0, 0.05) is 23.5 Å². The molecule has 1 N–H and O–H groups in total. The minimum atomic E-state index is 0.118. The summed E-state index contributed by atoms with van der Waals surface area (Å²) in [6.07, 6.45) is 3.30. The van der Waals surface area contributed by atoms with E-state index in [2.05, 4.69) is 20.9 Å². The molecule has 2 rings (SSSR count). The first kappa shape index (κ1) is 10.7. The summed E-state index contributed by atoms with van der Waals surface area (Å²) in [5, 5.41) is 18.7. The Morgan fingerprint density at radius 3 is 2.81 bits per heavy atom. The van der Waals surface area contributed by atoms with Crippen molar-refractivity contribution in [1.82, 2.24) is 4.98 Å². The van der Waals surface area contributed by atoms with Crippen molar-refractivity contribution in [3.05, 3.63) is 46.7 Å². The molecular formula is C12H7BrN2O. The van der Waals surface area contributed by atoms with Crippen molar-refractivity contribution in [2.75, 3.05) is 0 Å². The Labute approximate surface area is 101 Å². The van der Waals surface area contributed by atoms with E-state index < -0.39 is 0 Å². The van der Waals surface area contributed by atoms with Crippen LogP contribution in [0, 0.1) is 11.3 Å². The molecule has 0 fully saturated rings. The minimum Gasteiger partial charge on any atom is -0.506 e. The Bertz CT molecular complexity index is 561. The number of halogens is 1. The van der Waals surface area contributed by atoms with Gasteiger partial charge in [0.2, 0.25) is 0 Å². The van der Waals surface area contributed by atoms with Gasteiger partial charge in [-0.25, -0.2) is 0 Å². The van der Waals surface area contributed by atoms with Crippen LogP contribution in [0.15, 0.2) is 41.1 Å². The molecule has 0 spiro atoms. The van der Waals surface area contributed by atoms with E-state index in [0.717, 1.165) is 5.56 Å². The summed E-state index contributed by atoms with van der Waals surface area (Å²) in [5.74, 6) is 0.118. The zero-order valence-electron chi connectivity index (χ0n) is 8.18. The normalized spacial score (nSPS) is 9.75. The molecule has 0 radical (unpaired) electrons. The van der Waals surface area contributed by atoms with E-state index >= 15 is 0 Å². The quantitative estimate of drug-likeness (QED) is 0.870. The Hall–Kier alpha value is -1.86. The molecule has 0 aliphatic heterocycles. The number of nitriles is 1. The first-order valence-corrected chi connectivity index (χ1v) is 5.34. The smallest absolute Gasteiger partial charge is 0.137 e. The van der Waals surface area contributed by atoms with Crippen molar-refractivity contribution in [3.63, 3.8) is 0 Å². The largest absolute Gasteiger partial charge is 0.506 e. The van der Waals surface area contributed by atoms with Crippen LogP contribution in [-0.2, 0) is 0 Å². The highest BCUT2D eigenvalue weighted by Crippen LogP contribution is 2.36. The zero-order chi connectivity index (χ0) is 11.5. The SMILES string of the molecule is N#Cc1cc(Br)c(O)c(-c2cccnc2)c1. The summed E-state index contributed by atoms with van der Waals surface area (Å²) in [6, 6.07) is 8.87. The minimum absolute atomic E-state index is 0.118. The van der Waals surface area contributed by atoms with Gasteiger partial charge in [-0.2, -0.15) is 5.26 Å². The molecule has 0 amide bonds. The van der Waals surface area contributed by atoms with Gasteiger partial charge in [0.25, 0.3) is 0 Å². The molecule has 2 aromatic rings. The van der Waals surface area contributed by atoms with Crippen LogP contribution in [0.5, 0.6) is 5.75 Å². The maximum absolute atomic E-state index is 9.89.